The van der Waals surface area contributed by atoms with E-state index in [9.17, 15) is 18.3 Å². The van der Waals surface area contributed by atoms with Gasteiger partial charge in [-0.2, -0.15) is 0 Å². The largest absolute Gasteiger partial charge is 0.497 e. The molecule has 2 saturated heterocycles. The van der Waals surface area contributed by atoms with Gasteiger partial charge in [0.05, 0.1) is 24.7 Å². The van der Waals surface area contributed by atoms with Crippen LogP contribution in [0.2, 0.25) is 0 Å². The van der Waals surface area contributed by atoms with E-state index in [1.54, 1.807) is 7.11 Å². The van der Waals surface area contributed by atoms with Crippen LogP contribution >= 0.6 is 0 Å². The summed E-state index contributed by atoms with van der Waals surface area (Å²) >= 11 is 0. The van der Waals surface area contributed by atoms with Crippen molar-refractivity contribution in [3.63, 3.8) is 0 Å². The molecule has 2 heterocycles. The minimum atomic E-state index is -2.97. The molecule has 0 aromatic heterocycles. The molecule has 3 N–H and O–H groups in total. The number of benzene rings is 1. The van der Waals surface area contributed by atoms with Gasteiger partial charge in [-0.3, -0.25) is 0 Å². The molecule has 1 amide bonds. The summed E-state index contributed by atoms with van der Waals surface area (Å²) in [7, 11) is -1.37. The summed E-state index contributed by atoms with van der Waals surface area (Å²) in [5, 5.41) is 16.0. The van der Waals surface area contributed by atoms with Crippen LogP contribution in [0.3, 0.4) is 0 Å². The van der Waals surface area contributed by atoms with Gasteiger partial charge >= 0.3 is 6.09 Å². The Bertz CT molecular complexity index is 752. The highest BCUT2D eigenvalue weighted by atomic mass is 32.2. The molecule has 2 aliphatic rings. The Morgan fingerprint density at radius 3 is 2.70 bits per heavy atom. The molecule has 0 spiro atoms. The Morgan fingerprint density at radius 1 is 1.33 bits per heavy atom. The molecule has 8 nitrogen and oxygen atoms in total. The Balaban J connectivity index is 1.51. The standard InChI is InChI=1S/C18H26N2O6S/c1-25-14-4-2-12(3-5-14)8-15-17(16(21)10-19-15)26-18(22)20-9-13-6-7-27(23,24)11-13/h2-5,13,15-17,19,21H,6-11H2,1H3,(H,20,22)/t13?,15-,16+,17+/m1/s1. The van der Waals surface area contributed by atoms with Gasteiger partial charge < -0.3 is 25.2 Å². The third-order valence-corrected chi connectivity index (χ3v) is 6.92. The summed E-state index contributed by atoms with van der Waals surface area (Å²) in [6.45, 7) is 0.608. The summed E-state index contributed by atoms with van der Waals surface area (Å²) in [5.41, 5.74) is 1.03. The topological polar surface area (TPSA) is 114 Å². The SMILES string of the molecule is COc1ccc(C[C@H]2NC[C@H](O)[C@H]2OC(=O)NCC2CCS(=O)(=O)C2)cc1. The molecule has 0 radical (unpaired) electrons. The zero-order chi connectivity index (χ0) is 19.4. The van der Waals surface area contributed by atoms with Gasteiger partial charge in [0.2, 0.25) is 0 Å². The Labute approximate surface area is 159 Å². The Hall–Kier alpha value is -1.84. The number of hydrogen-bond acceptors (Lipinski definition) is 7. The maximum absolute atomic E-state index is 12.1. The Kier molecular flexibility index (Phi) is 6.23. The zero-order valence-electron chi connectivity index (χ0n) is 15.3. The average molecular weight is 398 g/mol. The molecule has 0 aliphatic carbocycles. The fraction of sp³-hybridized carbons (Fsp3) is 0.611. The molecule has 9 heteroatoms. The van der Waals surface area contributed by atoms with Gasteiger partial charge in [0.1, 0.15) is 18.0 Å². The van der Waals surface area contributed by atoms with Gasteiger partial charge in [-0.15, -0.1) is 0 Å². The van der Waals surface area contributed by atoms with E-state index in [1.807, 2.05) is 24.3 Å². The predicted octanol–water partition coefficient (Wildman–Crippen LogP) is 0.0999. The van der Waals surface area contributed by atoms with E-state index in [1.165, 1.54) is 0 Å². The number of ether oxygens (including phenoxy) is 2. The van der Waals surface area contributed by atoms with E-state index < -0.39 is 28.1 Å². The quantitative estimate of drug-likeness (QED) is 0.623. The van der Waals surface area contributed by atoms with Crippen molar-refractivity contribution in [2.24, 2.45) is 5.92 Å². The maximum atomic E-state index is 12.1. The summed E-state index contributed by atoms with van der Waals surface area (Å²) in [4.78, 5) is 12.1. The molecule has 1 aromatic carbocycles. The highest BCUT2D eigenvalue weighted by Crippen LogP contribution is 2.20. The number of alkyl carbamates (subject to hydrolysis) is 1. The molecule has 27 heavy (non-hydrogen) atoms. The van der Waals surface area contributed by atoms with Gasteiger partial charge in [0, 0.05) is 13.1 Å². The smallest absolute Gasteiger partial charge is 0.407 e. The molecule has 1 aromatic rings. The van der Waals surface area contributed by atoms with Crippen LogP contribution in [0.1, 0.15) is 12.0 Å². The van der Waals surface area contributed by atoms with Crippen LogP contribution in [0.15, 0.2) is 24.3 Å². The minimum absolute atomic E-state index is 0.0794. The Morgan fingerprint density at radius 2 is 2.07 bits per heavy atom. The van der Waals surface area contributed by atoms with Crippen molar-refractivity contribution in [3.05, 3.63) is 29.8 Å². The first-order valence-electron chi connectivity index (χ1n) is 9.05. The van der Waals surface area contributed by atoms with Crippen molar-refractivity contribution >= 4 is 15.9 Å². The zero-order valence-corrected chi connectivity index (χ0v) is 16.1. The second kappa shape index (κ2) is 8.45. The average Bonchev–Trinajstić information content (AvgIpc) is 3.16. The van der Waals surface area contributed by atoms with E-state index in [2.05, 4.69) is 10.6 Å². The monoisotopic (exact) mass is 398 g/mol. The van der Waals surface area contributed by atoms with Gasteiger partial charge in [0.15, 0.2) is 9.84 Å². The fourth-order valence-corrected chi connectivity index (χ4v) is 5.42. The minimum Gasteiger partial charge on any atom is -0.497 e. The van der Waals surface area contributed by atoms with E-state index in [-0.39, 0.29) is 30.0 Å². The van der Waals surface area contributed by atoms with Gasteiger partial charge in [-0.05, 0) is 36.5 Å². The van der Waals surface area contributed by atoms with Crippen molar-refractivity contribution in [1.29, 1.82) is 0 Å². The van der Waals surface area contributed by atoms with Crippen molar-refractivity contribution < 1.29 is 27.8 Å². The number of β-amino-alcohol motifs (C(OH)–C–C–N with tert-alkyl or cyclic N) is 1. The van der Waals surface area contributed by atoms with Crippen molar-refractivity contribution in [3.8, 4) is 5.75 Å². The summed E-state index contributed by atoms with van der Waals surface area (Å²) in [6, 6.07) is 7.38. The first-order valence-corrected chi connectivity index (χ1v) is 10.9. The number of aliphatic hydroxyl groups is 1. The normalized spacial score (nSPS) is 29.4. The number of hydrogen-bond donors (Lipinski definition) is 3. The van der Waals surface area contributed by atoms with E-state index in [4.69, 9.17) is 9.47 Å². The van der Waals surface area contributed by atoms with Crippen LogP contribution in [-0.2, 0) is 21.0 Å². The lowest BCUT2D eigenvalue weighted by atomic mass is 10.0. The maximum Gasteiger partial charge on any atom is 0.407 e. The summed E-state index contributed by atoms with van der Waals surface area (Å²) < 4.78 is 33.5. The highest BCUT2D eigenvalue weighted by molar-refractivity contribution is 7.91. The fourth-order valence-electron chi connectivity index (χ4n) is 3.56. The summed E-state index contributed by atoms with van der Waals surface area (Å²) in [5.74, 6) is 0.952. The number of methoxy groups -OCH3 is 1. The lowest BCUT2D eigenvalue weighted by Gasteiger charge is -2.22. The molecule has 0 saturated carbocycles. The second-order valence-electron chi connectivity index (χ2n) is 7.15. The number of rotatable bonds is 6. The van der Waals surface area contributed by atoms with E-state index in [0.717, 1.165) is 11.3 Å². The van der Waals surface area contributed by atoms with Crippen LogP contribution in [0.4, 0.5) is 4.79 Å². The van der Waals surface area contributed by atoms with Crippen LogP contribution in [-0.4, -0.2) is 69.6 Å². The molecular weight excluding hydrogens is 372 g/mol. The molecule has 2 fully saturated rings. The second-order valence-corrected chi connectivity index (χ2v) is 9.38. The number of sulfone groups is 1. The molecular formula is C18H26N2O6S. The van der Waals surface area contributed by atoms with E-state index in [0.29, 0.717) is 19.4 Å². The molecule has 2 aliphatic heterocycles. The van der Waals surface area contributed by atoms with Gasteiger partial charge in [-0.1, -0.05) is 12.1 Å². The third-order valence-electron chi connectivity index (χ3n) is 5.08. The molecule has 1 unspecified atom stereocenters. The molecule has 0 bridgehead atoms. The lowest BCUT2D eigenvalue weighted by molar-refractivity contribution is 0.0187. The molecule has 4 atom stereocenters. The van der Waals surface area contributed by atoms with Crippen LogP contribution < -0.4 is 15.4 Å². The number of aliphatic hydroxyl groups excluding tert-OH is 1. The molecule has 3 rings (SSSR count). The highest BCUT2D eigenvalue weighted by Gasteiger charge is 2.38. The van der Waals surface area contributed by atoms with Crippen molar-refractivity contribution in [1.82, 2.24) is 10.6 Å². The predicted molar refractivity (Wildman–Crippen MR) is 99.5 cm³/mol. The van der Waals surface area contributed by atoms with Crippen LogP contribution in [0.5, 0.6) is 5.75 Å². The lowest BCUT2D eigenvalue weighted by Crippen LogP contribution is -2.42. The number of carbonyl (C=O) groups excluding carboxylic acids is 1. The van der Waals surface area contributed by atoms with E-state index >= 15 is 0 Å². The summed E-state index contributed by atoms with van der Waals surface area (Å²) in [6.07, 6.45) is -0.937. The van der Waals surface area contributed by atoms with Crippen molar-refractivity contribution in [2.75, 3.05) is 31.7 Å². The van der Waals surface area contributed by atoms with Gasteiger partial charge in [0.25, 0.3) is 0 Å². The number of amides is 1. The van der Waals surface area contributed by atoms with Crippen LogP contribution in [0.25, 0.3) is 0 Å². The third kappa shape index (κ3) is 5.33. The number of carbonyl (C=O) groups is 1. The molecule has 150 valence electrons. The first kappa shape index (κ1) is 19.9. The van der Waals surface area contributed by atoms with Crippen LogP contribution in [0, 0.1) is 5.92 Å². The first-order chi connectivity index (χ1) is 12.9. The number of nitrogens with one attached hydrogen (secondary N) is 2. The van der Waals surface area contributed by atoms with Gasteiger partial charge in [-0.25, -0.2) is 13.2 Å². The van der Waals surface area contributed by atoms with Crippen molar-refractivity contribution in [2.45, 2.75) is 31.1 Å².